The number of phenols is 1. The first kappa shape index (κ1) is 25.2. The van der Waals surface area contributed by atoms with Crippen molar-refractivity contribution < 1.29 is 44.3 Å². The number of aromatic hydroxyl groups is 1. The topological polar surface area (TPSA) is 184 Å². The molecule has 0 heterocycles. The maximum atomic E-state index is 13.6. The average molecular weight is 520 g/mol. The summed E-state index contributed by atoms with van der Waals surface area (Å²) in [5, 5.41) is 43.9. The normalized spacial score (nSPS) is 24.5. The molecule has 10 nitrogen and oxygen atoms in total. The van der Waals surface area contributed by atoms with Crippen LogP contribution in [-0.4, -0.2) is 56.1 Å². The smallest absolute Gasteiger partial charge is 0.338 e. The molecule has 3 atom stereocenters. The molecular formula is C28H25NO9. The largest absolute Gasteiger partial charge is 0.508 e. The molecule has 3 aliphatic rings. The number of hydrogen-bond donors (Lipinski definition) is 5. The lowest BCUT2D eigenvalue weighted by Gasteiger charge is -2.46. The Hall–Kier alpha value is -4.44. The van der Waals surface area contributed by atoms with Crippen molar-refractivity contribution in [2.45, 2.75) is 31.8 Å². The molecule has 38 heavy (non-hydrogen) atoms. The van der Waals surface area contributed by atoms with Crippen molar-refractivity contribution in [2.75, 3.05) is 6.61 Å². The van der Waals surface area contributed by atoms with Crippen LogP contribution < -0.4 is 5.73 Å². The predicted molar refractivity (Wildman–Crippen MR) is 133 cm³/mol. The molecular weight excluding hydrogens is 494 g/mol. The molecule has 2 aromatic rings. The minimum atomic E-state index is -2.61. The van der Waals surface area contributed by atoms with Crippen LogP contribution in [0.15, 0.2) is 53.3 Å². The zero-order chi connectivity index (χ0) is 27.5. The summed E-state index contributed by atoms with van der Waals surface area (Å²) in [6, 6.07) is 9.63. The fourth-order valence-corrected chi connectivity index (χ4v) is 5.92. The van der Waals surface area contributed by atoms with Crippen LogP contribution in [0.4, 0.5) is 0 Å². The fourth-order valence-electron chi connectivity index (χ4n) is 5.92. The zero-order valence-corrected chi connectivity index (χ0v) is 20.4. The van der Waals surface area contributed by atoms with E-state index in [4.69, 9.17) is 10.5 Å². The molecule has 196 valence electrons. The number of phenolic OH excluding ortho intramolecular Hbond substituents is 1. The van der Waals surface area contributed by atoms with E-state index >= 15 is 0 Å². The number of Topliss-reactive ketones (excluding diaryl/α,β-unsaturated/α-hetero) is 2. The van der Waals surface area contributed by atoms with Crippen LogP contribution in [0.2, 0.25) is 0 Å². The zero-order valence-electron chi connectivity index (χ0n) is 20.4. The van der Waals surface area contributed by atoms with E-state index < -0.39 is 64.4 Å². The Morgan fingerprint density at radius 3 is 2.53 bits per heavy atom. The molecule has 1 saturated carbocycles. The van der Waals surface area contributed by atoms with Gasteiger partial charge in [0.2, 0.25) is 5.78 Å². The summed E-state index contributed by atoms with van der Waals surface area (Å²) in [4.78, 5) is 50.2. The summed E-state index contributed by atoms with van der Waals surface area (Å²) in [6.07, 6.45) is -0.209. The van der Waals surface area contributed by atoms with E-state index in [1.54, 1.807) is 37.3 Å². The minimum absolute atomic E-state index is 0.0174. The van der Waals surface area contributed by atoms with Gasteiger partial charge < -0.3 is 30.9 Å². The number of fused-ring (bicyclic) bond motifs is 3. The van der Waals surface area contributed by atoms with Gasteiger partial charge in [0.1, 0.15) is 22.8 Å². The third-order valence-corrected chi connectivity index (χ3v) is 7.63. The molecule has 0 aliphatic heterocycles. The molecule has 0 aromatic heterocycles. The van der Waals surface area contributed by atoms with Crippen molar-refractivity contribution in [1.82, 2.24) is 0 Å². The number of rotatable bonds is 4. The summed E-state index contributed by atoms with van der Waals surface area (Å²) in [5.74, 6) is -7.32. The van der Waals surface area contributed by atoms with E-state index in [1.807, 2.05) is 0 Å². The van der Waals surface area contributed by atoms with Crippen molar-refractivity contribution in [3.05, 3.63) is 70.0 Å². The summed E-state index contributed by atoms with van der Waals surface area (Å²) < 4.78 is 5.08. The Bertz CT molecular complexity index is 1500. The fraction of sp³-hybridized carbons (Fsp3) is 0.286. The van der Waals surface area contributed by atoms with Gasteiger partial charge in [0.05, 0.1) is 17.7 Å². The first-order valence-electron chi connectivity index (χ1n) is 12.1. The molecule has 0 unspecified atom stereocenters. The van der Waals surface area contributed by atoms with Gasteiger partial charge in [-0.25, -0.2) is 4.79 Å². The van der Waals surface area contributed by atoms with Gasteiger partial charge >= 0.3 is 5.97 Å². The SMILES string of the molecule is CCOC(=O)c1cccc(-c2ccc(O)c3c2C[C@H]2C[C@H]4CC(=O)C(C(N)=O)=C(O)[C@@]4(O)C(=O)C2=C3O)c1. The van der Waals surface area contributed by atoms with Gasteiger partial charge in [0.15, 0.2) is 11.4 Å². The van der Waals surface area contributed by atoms with Gasteiger partial charge in [0.25, 0.3) is 5.91 Å². The Morgan fingerprint density at radius 1 is 1.11 bits per heavy atom. The second kappa shape index (κ2) is 8.84. The standard InChI is InChI=1S/C28H25NO9/c1-2-38-27(36)13-5-3-4-12(8-13)16-6-7-18(30)21-17(16)10-14-9-15-11-19(31)22(26(29)35)25(34)28(15,37)24(33)20(14)23(21)32/h3-8,14-15,30,32,34,37H,2,9-11H2,1H3,(H2,29,35)/t14-,15+,28+/m1/s1. The van der Waals surface area contributed by atoms with Crippen LogP contribution >= 0.6 is 0 Å². The lowest BCUT2D eigenvalue weighted by molar-refractivity contribution is -0.147. The minimum Gasteiger partial charge on any atom is -0.508 e. The Labute approximate surface area is 216 Å². The summed E-state index contributed by atoms with van der Waals surface area (Å²) >= 11 is 0. The highest BCUT2D eigenvalue weighted by atomic mass is 16.5. The third kappa shape index (κ3) is 3.52. The summed E-state index contributed by atoms with van der Waals surface area (Å²) in [7, 11) is 0. The second-order valence-corrected chi connectivity index (χ2v) is 9.69. The van der Waals surface area contributed by atoms with Crippen LogP contribution in [0.5, 0.6) is 5.75 Å². The molecule has 10 heteroatoms. The van der Waals surface area contributed by atoms with Crippen LogP contribution in [0.25, 0.3) is 16.9 Å². The number of nitrogens with two attached hydrogens (primary N) is 1. The number of aliphatic hydroxyl groups excluding tert-OH is 2. The van der Waals surface area contributed by atoms with Crippen molar-refractivity contribution in [2.24, 2.45) is 17.6 Å². The van der Waals surface area contributed by atoms with E-state index in [0.29, 0.717) is 22.3 Å². The van der Waals surface area contributed by atoms with Gasteiger partial charge in [-0.1, -0.05) is 18.2 Å². The maximum Gasteiger partial charge on any atom is 0.338 e. The average Bonchev–Trinajstić information content (AvgIpc) is 2.86. The van der Waals surface area contributed by atoms with Crippen molar-refractivity contribution >= 4 is 29.2 Å². The molecule has 0 bridgehead atoms. The van der Waals surface area contributed by atoms with Crippen LogP contribution in [-0.2, 0) is 25.5 Å². The van der Waals surface area contributed by atoms with E-state index in [2.05, 4.69) is 0 Å². The van der Waals surface area contributed by atoms with Gasteiger partial charge in [-0.3, -0.25) is 14.4 Å². The highest BCUT2D eigenvalue weighted by Crippen LogP contribution is 2.53. The van der Waals surface area contributed by atoms with E-state index in [0.717, 1.165) is 0 Å². The van der Waals surface area contributed by atoms with Crippen LogP contribution in [0, 0.1) is 11.8 Å². The van der Waals surface area contributed by atoms with Crippen LogP contribution in [0.3, 0.4) is 0 Å². The van der Waals surface area contributed by atoms with Gasteiger partial charge in [-0.15, -0.1) is 0 Å². The number of ketones is 2. The number of carbonyl (C=O) groups excluding carboxylic acids is 4. The number of benzene rings is 2. The van der Waals surface area contributed by atoms with E-state index in [-0.39, 0.29) is 36.3 Å². The lowest BCUT2D eigenvalue weighted by Crippen LogP contribution is -2.58. The molecule has 5 rings (SSSR count). The third-order valence-electron chi connectivity index (χ3n) is 7.63. The molecule has 3 aliphatic carbocycles. The van der Waals surface area contributed by atoms with Crippen LogP contribution in [0.1, 0.15) is 41.3 Å². The predicted octanol–water partition coefficient (Wildman–Crippen LogP) is 2.27. The number of ether oxygens (including phenoxy) is 1. The molecule has 1 fully saturated rings. The Balaban J connectivity index is 1.66. The number of amides is 1. The van der Waals surface area contributed by atoms with Crippen molar-refractivity contribution in [1.29, 1.82) is 0 Å². The van der Waals surface area contributed by atoms with Gasteiger partial charge in [-0.2, -0.15) is 0 Å². The number of esters is 1. The molecule has 0 spiro atoms. The van der Waals surface area contributed by atoms with Gasteiger partial charge in [0, 0.05) is 17.9 Å². The Morgan fingerprint density at radius 2 is 1.84 bits per heavy atom. The van der Waals surface area contributed by atoms with E-state index in [9.17, 15) is 39.6 Å². The molecule has 0 saturated heterocycles. The molecule has 1 amide bonds. The highest BCUT2D eigenvalue weighted by molar-refractivity contribution is 6.22. The number of hydrogen-bond acceptors (Lipinski definition) is 9. The molecule has 6 N–H and O–H groups in total. The second-order valence-electron chi connectivity index (χ2n) is 9.69. The number of carbonyl (C=O) groups is 4. The quantitative estimate of drug-likeness (QED) is 0.298. The highest BCUT2D eigenvalue weighted by Gasteiger charge is 2.60. The lowest BCUT2D eigenvalue weighted by atomic mass is 9.59. The van der Waals surface area contributed by atoms with Gasteiger partial charge in [-0.05, 0) is 60.6 Å². The summed E-state index contributed by atoms with van der Waals surface area (Å²) in [5.41, 5.74) is 3.56. The number of aliphatic hydroxyl groups is 3. The first-order chi connectivity index (χ1) is 18.0. The maximum absolute atomic E-state index is 13.6. The monoisotopic (exact) mass is 519 g/mol. The van der Waals surface area contributed by atoms with E-state index in [1.165, 1.54) is 6.07 Å². The van der Waals surface area contributed by atoms with Crippen molar-refractivity contribution in [3.63, 3.8) is 0 Å². The number of primary amides is 1. The van der Waals surface area contributed by atoms with Crippen molar-refractivity contribution in [3.8, 4) is 16.9 Å². The summed E-state index contributed by atoms with van der Waals surface area (Å²) in [6.45, 7) is 1.90. The molecule has 0 radical (unpaired) electrons. The first-order valence-corrected chi connectivity index (χ1v) is 12.1. The Kier molecular flexibility index (Phi) is 5.87. The molecule has 2 aromatic carbocycles.